The lowest BCUT2D eigenvalue weighted by Crippen LogP contribution is -2.50. The van der Waals surface area contributed by atoms with Crippen LogP contribution in [0.15, 0.2) is 59.2 Å². The molecule has 2 saturated heterocycles. The van der Waals surface area contributed by atoms with Gasteiger partial charge >= 0.3 is 6.03 Å². The molecule has 9 heteroatoms. The van der Waals surface area contributed by atoms with Crippen LogP contribution in [0.5, 0.6) is 0 Å². The number of amides is 4. The Hall–Kier alpha value is -3.39. The van der Waals surface area contributed by atoms with Crippen LogP contribution in [0.2, 0.25) is 0 Å². The van der Waals surface area contributed by atoms with E-state index in [0.29, 0.717) is 42.3 Å². The second kappa shape index (κ2) is 14.7. The predicted molar refractivity (Wildman–Crippen MR) is 155 cm³/mol. The van der Waals surface area contributed by atoms with Crippen molar-refractivity contribution in [1.29, 1.82) is 0 Å². The van der Waals surface area contributed by atoms with E-state index in [-0.39, 0.29) is 36.1 Å². The minimum Gasteiger partial charge on any atom is -0.336 e. The lowest BCUT2D eigenvalue weighted by molar-refractivity contribution is -0.145. The Labute approximate surface area is 236 Å². The summed E-state index contributed by atoms with van der Waals surface area (Å²) in [5.41, 5.74) is 2.10. The number of nitrogens with zero attached hydrogens (tertiary/aromatic N) is 2. The molecule has 4 amide bonds. The molecule has 0 saturated carbocycles. The molecule has 2 aliphatic heterocycles. The number of benzene rings is 1. The third kappa shape index (κ3) is 9.39. The zero-order valence-corrected chi connectivity index (χ0v) is 23.8. The van der Waals surface area contributed by atoms with E-state index in [1.165, 1.54) is 6.92 Å². The molecule has 8 nitrogen and oxygen atoms in total. The Morgan fingerprint density at radius 1 is 1.08 bits per heavy atom. The normalized spacial score (nSPS) is 20.5. The number of carbonyl (C=O) groups excluding carboxylic acids is 4. The van der Waals surface area contributed by atoms with Crippen LogP contribution in [-0.2, 0) is 9.59 Å². The summed E-state index contributed by atoms with van der Waals surface area (Å²) in [6.07, 6.45) is 11.7. The van der Waals surface area contributed by atoms with Gasteiger partial charge in [0.2, 0.25) is 11.8 Å². The van der Waals surface area contributed by atoms with Crippen LogP contribution < -0.4 is 10.6 Å². The van der Waals surface area contributed by atoms with E-state index in [1.807, 2.05) is 38.2 Å². The molecule has 0 bridgehead atoms. The summed E-state index contributed by atoms with van der Waals surface area (Å²) in [5, 5.41) is 6.29. The minimum atomic E-state index is -0.393. The van der Waals surface area contributed by atoms with Gasteiger partial charge in [-0.05, 0) is 71.1 Å². The summed E-state index contributed by atoms with van der Waals surface area (Å²) >= 11 is 5.87. The van der Waals surface area contributed by atoms with Gasteiger partial charge in [0.1, 0.15) is 0 Å². The first-order chi connectivity index (χ1) is 18.6. The maximum atomic E-state index is 13.2. The second-order valence-corrected chi connectivity index (χ2v) is 10.9. The first kappa shape index (κ1) is 30.2. The summed E-state index contributed by atoms with van der Waals surface area (Å²) in [4.78, 5) is 53.8. The van der Waals surface area contributed by atoms with Crippen LogP contribution in [0, 0.1) is 5.92 Å². The van der Waals surface area contributed by atoms with E-state index in [9.17, 15) is 19.2 Å². The molecular formula is C30H39ClN4O4. The van der Waals surface area contributed by atoms with Crippen molar-refractivity contribution in [3.63, 3.8) is 0 Å². The van der Waals surface area contributed by atoms with Gasteiger partial charge < -0.3 is 20.4 Å². The van der Waals surface area contributed by atoms with E-state index < -0.39 is 6.03 Å². The lowest BCUT2D eigenvalue weighted by atomic mass is 9.93. The largest absolute Gasteiger partial charge is 0.336 e. The molecule has 0 radical (unpaired) electrons. The van der Waals surface area contributed by atoms with Gasteiger partial charge in [0.25, 0.3) is 0 Å². The number of Topliss-reactive ketones (excluding diaryl/α,β-unsaturated/α-hetero) is 1. The maximum absolute atomic E-state index is 13.2. The van der Waals surface area contributed by atoms with E-state index in [2.05, 4.69) is 10.6 Å². The summed E-state index contributed by atoms with van der Waals surface area (Å²) in [5.74, 6) is -0.256. The number of rotatable bonds is 10. The van der Waals surface area contributed by atoms with Crippen LogP contribution in [-0.4, -0.2) is 65.6 Å². The standard InChI is InChI=1S/C30H39ClN4O4/c1-21(14-15-22(2)31)8-4-9-24-11-6-16-34(29(24)38)20-28(37)35-17-7-13-27(35)19-32-30(39)33-26-12-5-10-25(18-26)23(3)36/h4-5,8,10,12,14-15,18,24,27H,6-7,9,11,13,16-17,19-20H2,1-3H3,(H2,32,33,39)/b8-4+,21-14+,22-15+/t24-,27-/m0/s1. The third-order valence-corrected chi connectivity index (χ3v) is 7.19. The smallest absolute Gasteiger partial charge is 0.319 e. The number of likely N-dealkylation sites (tertiary alicyclic amines) is 2. The Bertz CT molecular complexity index is 1160. The number of anilines is 1. The Morgan fingerprint density at radius 2 is 1.85 bits per heavy atom. The fourth-order valence-corrected chi connectivity index (χ4v) is 5.01. The molecule has 1 aromatic carbocycles. The first-order valence-corrected chi connectivity index (χ1v) is 13.9. The molecule has 2 atom stereocenters. The fourth-order valence-electron chi connectivity index (χ4n) is 4.95. The zero-order valence-electron chi connectivity index (χ0n) is 23.0. The molecule has 210 valence electrons. The maximum Gasteiger partial charge on any atom is 0.319 e. The van der Waals surface area contributed by atoms with Crippen molar-refractivity contribution in [3.8, 4) is 0 Å². The molecule has 3 rings (SSSR count). The fraction of sp³-hybridized carbons (Fsp3) is 0.467. The summed E-state index contributed by atoms with van der Waals surface area (Å²) in [7, 11) is 0. The third-order valence-electron chi connectivity index (χ3n) is 7.07. The van der Waals surface area contributed by atoms with Gasteiger partial charge in [-0.15, -0.1) is 0 Å². The van der Waals surface area contributed by atoms with Gasteiger partial charge in [-0.1, -0.05) is 47.5 Å². The molecule has 0 spiro atoms. The first-order valence-electron chi connectivity index (χ1n) is 13.6. The number of ketones is 1. The second-order valence-electron chi connectivity index (χ2n) is 10.3. The number of hydrogen-bond donors (Lipinski definition) is 2. The number of urea groups is 1. The van der Waals surface area contributed by atoms with Crippen LogP contribution in [0.3, 0.4) is 0 Å². The highest BCUT2D eigenvalue weighted by atomic mass is 35.5. The lowest BCUT2D eigenvalue weighted by Gasteiger charge is -2.34. The van der Waals surface area contributed by atoms with Gasteiger partial charge in [0.15, 0.2) is 5.78 Å². The van der Waals surface area contributed by atoms with Crippen LogP contribution in [0.1, 0.15) is 63.2 Å². The Kier molecular flexibility index (Phi) is 11.3. The molecule has 0 unspecified atom stereocenters. The van der Waals surface area contributed by atoms with Crippen molar-refractivity contribution in [2.45, 2.75) is 58.9 Å². The van der Waals surface area contributed by atoms with Crippen molar-refractivity contribution < 1.29 is 19.2 Å². The Morgan fingerprint density at radius 3 is 2.59 bits per heavy atom. The predicted octanol–water partition coefficient (Wildman–Crippen LogP) is 5.28. The minimum absolute atomic E-state index is 0.0263. The van der Waals surface area contributed by atoms with Gasteiger partial charge in [-0.2, -0.15) is 0 Å². The molecule has 0 aliphatic carbocycles. The quantitative estimate of drug-likeness (QED) is 0.304. The van der Waals surface area contributed by atoms with Gasteiger partial charge in [-0.3, -0.25) is 14.4 Å². The zero-order chi connectivity index (χ0) is 28.4. The van der Waals surface area contributed by atoms with Crippen molar-refractivity contribution in [1.82, 2.24) is 15.1 Å². The van der Waals surface area contributed by atoms with E-state index in [0.717, 1.165) is 31.3 Å². The van der Waals surface area contributed by atoms with Crippen molar-refractivity contribution in [2.24, 2.45) is 5.92 Å². The van der Waals surface area contributed by atoms with E-state index >= 15 is 0 Å². The van der Waals surface area contributed by atoms with Crippen LogP contribution >= 0.6 is 11.6 Å². The van der Waals surface area contributed by atoms with Crippen molar-refractivity contribution in [2.75, 3.05) is 31.5 Å². The van der Waals surface area contributed by atoms with Gasteiger partial charge in [-0.25, -0.2) is 4.79 Å². The number of carbonyl (C=O) groups is 4. The van der Waals surface area contributed by atoms with E-state index in [1.54, 1.807) is 34.1 Å². The van der Waals surface area contributed by atoms with Crippen LogP contribution in [0.4, 0.5) is 10.5 Å². The molecule has 2 fully saturated rings. The molecule has 39 heavy (non-hydrogen) atoms. The molecule has 1 aromatic rings. The molecule has 2 aliphatic rings. The van der Waals surface area contributed by atoms with Crippen molar-refractivity contribution in [3.05, 3.63) is 64.7 Å². The molecule has 0 aromatic heterocycles. The molecular weight excluding hydrogens is 516 g/mol. The van der Waals surface area contributed by atoms with Gasteiger partial charge in [0, 0.05) is 47.9 Å². The van der Waals surface area contributed by atoms with Gasteiger partial charge in [0.05, 0.1) is 6.54 Å². The molecule has 2 heterocycles. The highest BCUT2D eigenvalue weighted by Gasteiger charge is 2.33. The highest BCUT2D eigenvalue weighted by molar-refractivity contribution is 6.29. The average Bonchev–Trinajstić information content (AvgIpc) is 3.37. The number of nitrogens with one attached hydrogen (secondary N) is 2. The Balaban J connectivity index is 1.49. The number of halogens is 1. The number of hydrogen-bond acceptors (Lipinski definition) is 4. The van der Waals surface area contributed by atoms with E-state index in [4.69, 9.17) is 11.6 Å². The monoisotopic (exact) mass is 554 g/mol. The topological polar surface area (TPSA) is 98.8 Å². The number of piperidine rings is 1. The molecule has 2 N–H and O–H groups in total. The SMILES string of the molecule is CC(=O)c1cccc(NC(=O)NC[C@@H]2CCCN2C(=O)CN2CCC[C@H](C/C=C/C(C)=C/C=C(\C)Cl)C2=O)c1. The summed E-state index contributed by atoms with van der Waals surface area (Å²) in [6, 6.07) is 6.24. The summed E-state index contributed by atoms with van der Waals surface area (Å²) < 4.78 is 0. The van der Waals surface area contributed by atoms with Crippen LogP contribution in [0.25, 0.3) is 0 Å². The average molecular weight is 555 g/mol. The number of allylic oxidation sites excluding steroid dienone is 6. The van der Waals surface area contributed by atoms with Crippen molar-refractivity contribution >= 4 is 40.9 Å². The summed E-state index contributed by atoms with van der Waals surface area (Å²) in [6.45, 7) is 6.86. The highest BCUT2D eigenvalue weighted by Crippen LogP contribution is 2.23.